The quantitative estimate of drug-likeness (QED) is 0.463. The second-order valence-corrected chi connectivity index (χ2v) is 9.30. The van der Waals surface area contributed by atoms with Gasteiger partial charge in [0.1, 0.15) is 0 Å². The number of halogens is 3. The fourth-order valence-electron chi connectivity index (χ4n) is 3.18. The molecule has 0 amide bonds. The van der Waals surface area contributed by atoms with Crippen molar-refractivity contribution in [3.8, 4) is 11.3 Å². The van der Waals surface area contributed by atoms with Crippen molar-refractivity contribution in [2.45, 2.75) is 32.3 Å². The van der Waals surface area contributed by atoms with Crippen molar-refractivity contribution in [2.24, 2.45) is 0 Å². The third-order valence-electron chi connectivity index (χ3n) is 4.84. The van der Waals surface area contributed by atoms with E-state index in [2.05, 4.69) is 20.4 Å². The Bertz CT molecular complexity index is 1410. The van der Waals surface area contributed by atoms with Crippen LogP contribution in [0.1, 0.15) is 25.5 Å². The normalized spacial score (nSPS) is 12.6. The maximum absolute atomic E-state index is 12.9. The van der Waals surface area contributed by atoms with Gasteiger partial charge in [-0.15, -0.1) is 0 Å². The van der Waals surface area contributed by atoms with Crippen LogP contribution in [0.4, 0.5) is 24.8 Å². The molecule has 1 N–H and O–H groups in total. The molecule has 0 unspecified atom stereocenters. The summed E-state index contributed by atoms with van der Waals surface area (Å²) in [6.45, 7) is 5.90. The number of aromatic nitrogens is 5. The number of fused-ring (bicyclic) bond motifs is 1. The molecule has 0 saturated heterocycles. The number of nitrogens with zero attached hydrogens (tertiary/aromatic N) is 5. The zero-order valence-electron chi connectivity index (χ0n) is 17.3. The second-order valence-electron chi connectivity index (χ2n) is 7.49. The van der Waals surface area contributed by atoms with Gasteiger partial charge in [-0.1, -0.05) is 0 Å². The van der Waals surface area contributed by atoms with E-state index in [0.717, 1.165) is 17.3 Å². The smallest absolute Gasteiger partial charge is 0.324 e. The van der Waals surface area contributed by atoms with Gasteiger partial charge in [-0.25, -0.2) is 13.9 Å². The molecule has 12 heteroatoms. The average Bonchev–Trinajstić information content (AvgIpc) is 3.36. The van der Waals surface area contributed by atoms with Gasteiger partial charge in [0.05, 0.1) is 17.4 Å². The van der Waals surface area contributed by atoms with Gasteiger partial charge in [0.25, 0.3) is 0 Å². The number of alkyl halides is 3. The molecule has 168 valence electrons. The van der Waals surface area contributed by atoms with Crippen LogP contribution in [0.3, 0.4) is 0 Å². The summed E-state index contributed by atoms with van der Waals surface area (Å²) in [5.41, 5.74) is -2.62. The van der Waals surface area contributed by atoms with Gasteiger partial charge in [0.2, 0.25) is 5.95 Å². The maximum Gasteiger partial charge on any atom is 0.517 e. The summed E-state index contributed by atoms with van der Waals surface area (Å²) in [7, 11) is -5.51. The van der Waals surface area contributed by atoms with E-state index in [9.17, 15) is 21.6 Å². The second kappa shape index (κ2) is 7.62. The van der Waals surface area contributed by atoms with Crippen LogP contribution in [0, 0.1) is 6.92 Å². The Kier molecular flexibility index (Phi) is 5.19. The molecule has 0 fully saturated rings. The minimum Gasteiger partial charge on any atom is -0.324 e. The molecule has 3 heterocycles. The summed E-state index contributed by atoms with van der Waals surface area (Å²) in [6.07, 6.45) is 6.14. The maximum atomic E-state index is 12.9. The molecule has 1 aromatic carbocycles. The molecule has 0 aliphatic heterocycles. The lowest BCUT2D eigenvalue weighted by molar-refractivity contribution is -0.0445. The van der Waals surface area contributed by atoms with Crippen LogP contribution in [-0.2, 0) is 10.0 Å². The van der Waals surface area contributed by atoms with Crippen molar-refractivity contribution in [2.75, 3.05) is 5.32 Å². The van der Waals surface area contributed by atoms with E-state index in [-0.39, 0.29) is 21.5 Å². The zero-order chi connectivity index (χ0) is 23.3. The molecule has 3 aromatic heterocycles. The number of nitrogens with one attached hydrogen (secondary N) is 1. The predicted octanol–water partition coefficient (Wildman–Crippen LogP) is 4.63. The van der Waals surface area contributed by atoms with Crippen LogP contribution >= 0.6 is 0 Å². The predicted molar refractivity (Wildman–Crippen MR) is 114 cm³/mol. The lowest BCUT2D eigenvalue weighted by atomic mass is 10.1. The minimum absolute atomic E-state index is 0.0838. The Morgan fingerprint density at radius 2 is 1.88 bits per heavy atom. The van der Waals surface area contributed by atoms with Gasteiger partial charge in [-0.05, 0) is 50.6 Å². The molecule has 32 heavy (non-hydrogen) atoms. The molecule has 0 spiro atoms. The van der Waals surface area contributed by atoms with Gasteiger partial charge < -0.3 is 5.32 Å². The van der Waals surface area contributed by atoms with Gasteiger partial charge >= 0.3 is 15.5 Å². The van der Waals surface area contributed by atoms with Crippen molar-refractivity contribution >= 4 is 32.6 Å². The molecule has 4 rings (SSSR count). The van der Waals surface area contributed by atoms with E-state index in [1.165, 1.54) is 24.3 Å². The number of hydrogen-bond donors (Lipinski definition) is 1. The Morgan fingerprint density at radius 1 is 1.12 bits per heavy atom. The van der Waals surface area contributed by atoms with E-state index in [0.29, 0.717) is 16.8 Å². The number of benzene rings is 1. The van der Waals surface area contributed by atoms with Gasteiger partial charge in [0, 0.05) is 41.3 Å². The fraction of sp³-hybridized carbons (Fsp3) is 0.250. The standard InChI is InChI=1S/C20H19F3N6O2S/c1-12(2)28-11-15(10-25-28)18-13(3)9-24-19(27-18)26-16-4-5-17-14(8-16)6-7-29(17)32(30,31)20(21,22)23/h4-12H,1-3H3,(H,24,26,27). The lowest BCUT2D eigenvalue weighted by Crippen LogP contribution is -2.29. The lowest BCUT2D eigenvalue weighted by Gasteiger charge is -2.11. The zero-order valence-corrected chi connectivity index (χ0v) is 18.1. The van der Waals surface area contributed by atoms with Crippen LogP contribution in [0.2, 0.25) is 0 Å². The van der Waals surface area contributed by atoms with E-state index in [4.69, 9.17) is 0 Å². The molecule has 0 aliphatic carbocycles. The Morgan fingerprint density at radius 3 is 2.53 bits per heavy atom. The minimum atomic E-state index is -5.51. The molecular formula is C20H19F3N6O2S. The fourth-order valence-corrected chi connectivity index (χ4v) is 4.05. The molecular weight excluding hydrogens is 445 g/mol. The van der Waals surface area contributed by atoms with Crippen LogP contribution in [0.25, 0.3) is 22.2 Å². The van der Waals surface area contributed by atoms with E-state index < -0.39 is 15.5 Å². The first kappa shape index (κ1) is 21.8. The van der Waals surface area contributed by atoms with Gasteiger partial charge in [0.15, 0.2) is 0 Å². The first-order valence-corrected chi connectivity index (χ1v) is 11.0. The van der Waals surface area contributed by atoms with Crippen molar-refractivity contribution < 1.29 is 21.6 Å². The van der Waals surface area contributed by atoms with Crippen molar-refractivity contribution in [1.82, 2.24) is 23.7 Å². The molecule has 0 saturated carbocycles. The van der Waals surface area contributed by atoms with Crippen molar-refractivity contribution in [1.29, 1.82) is 0 Å². The summed E-state index contributed by atoms with van der Waals surface area (Å²) in [5, 5.41) is 7.65. The number of hydrogen-bond acceptors (Lipinski definition) is 6. The third kappa shape index (κ3) is 3.81. The molecule has 8 nitrogen and oxygen atoms in total. The van der Waals surface area contributed by atoms with E-state index in [1.807, 2.05) is 31.6 Å². The van der Waals surface area contributed by atoms with Gasteiger partial charge in [-0.2, -0.15) is 26.7 Å². The molecule has 0 bridgehead atoms. The molecule has 0 radical (unpaired) electrons. The largest absolute Gasteiger partial charge is 0.517 e. The molecule has 4 aromatic rings. The van der Waals surface area contributed by atoms with Crippen LogP contribution in [-0.4, -0.2) is 37.6 Å². The van der Waals surface area contributed by atoms with Crippen LogP contribution < -0.4 is 5.32 Å². The number of anilines is 2. The van der Waals surface area contributed by atoms with Crippen molar-refractivity contribution in [3.05, 3.63) is 54.6 Å². The van der Waals surface area contributed by atoms with E-state index >= 15 is 0 Å². The van der Waals surface area contributed by atoms with Crippen LogP contribution in [0.15, 0.2) is 49.1 Å². The summed E-state index contributed by atoms with van der Waals surface area (Å²) in [5.74, 6) is 0.282. The van der Waals surface area contributed by atoms with E-state index in [1.54, 1.807) is 12.4 Å². The highest BCUT2D eigenvalue weighted by molar-refractivity contribution is 7.90. The van der Waals surface area contributed by atoms with Gasteiger partial charge in [-0.3, -0.25) is 4.68 Å². The summed E-state index contributed by atoms with van der Waals surface area (Å²) in [6, 6.07) is 5.78. The van der Waals surface area contributed by atoms with Crippen LogP contribution in [0.5, 0.6) is 0 Å². The van der Waals surface area contributed by atoms with Crippen molar-refractivity contribution in [3.63, 3.8) is 0 Å². The highest BCUT2D eigenvalue weighted by Gasteiger charge is 2.47. The SMILES string of the molecule is Cc1cnc(Nc2ccc3c(ccn3S(=O)(=O)C(F)(F)F)c2)nc1-c1cnn(C(C)C)c1. The Labute approximate surface area is 181 Å². The topological polar surface area (TPSA) is 94.7 Å². The number of rotatable bonds is 5. The monoisotopic (exact) mass is 464 g/mol. The number of aryl methyl sites for hydroxylation is 1. The summed E-state index contributed by atoms with van der Waals surface area (Å²) >= 11 is 0. The highest BCUT2D eigenvalue weighted by Crippen LogP contribution is 2.31. The average molecular weight is 464 g/mol. The third-order valence-corrected chi connectivity index (χ3v) is 6.26. The summed E-state index contributed by atoms with van der Waals surface area (Å²) in [4.78, 5) is 8.80. The summed E-state index contributed by atoms with van der Waals surface area (Å²) < 4.78 is 64.2. The molecule has 0 aliphatic rings. The molecule has 0 atom stereocenters. The first-order valence-electron chi connectivity index (χ1n) is 9.55. The first-order chi connectivity index (χ1) is 15.0. The Hall–Kier alpha value is -3.41. The highest BCUT2D eigenvalue weighted by atomic mass is 32.2. The Balaban J connectivity index is 1.65.